The molecule has 0 amide bonds. The first-order valence-corrected chi connectivity index (χ1v) is 57.7. The fourth-order valence-electron chi connectivity index (χ4n) is 8.78. The van der Waals surface area contributed by atoms with Crippen molar-refractivity contribution in [2.45, 2.75) is 258 Å². The molecule has 0 aliphatic carbocycles. The normalized spacial score (nSPS) is 16.4. The molecule has 32 heteroatoms. The predicted molar refractivity (Wildman–Crippen MR) is 347 cm³/mol. The maximum Gasteiger partial charge on any atom is 0.389 e. The van der Waals surface area contributed by atoms with E-state index in [1.807, 2.05) is 79.7 Å². The van der Waals surface area contributed by atoms with Crippen LogP contribution in [0.4, 0.5) is 22.0 Å². The van der Waals surface area contributed by atoms with Crippen LogP contribution in [-0.2, 0) is 61.3 Å². The van der Waals surface area contributed by atoms with E-state index in [0.29, 0.717) is 46.2 Å². The lowest BCUT2D eigenvalue weighted by Crippen LogP contribution is -2.60. The number of halogens is 5. The summed E-state index contributed by atoms with van der Waals surface area (Å²) in [6, 6.07) is 1.64. The second kappa shape index (κ2) is 42.8. The van der Waals surface area contributed by atoms with E-state index < -0.39 is 123 Å². The summed E-state index contributed by atoms with van der Waals surface area (Å²) in [5.41, 5.74) is 0. The summed E-state index contributed by atoms with van der Waals surface area (Å²) in [5, 5.41) is 27.6. The van der Waals surface area contributed by atoms with Crippen LogP contribution in [0.1, 0.15) is 67.2 Å². The van der Waals surface area contributed by atoms with Crippen LogP contribution in [0.25, 0.3) is 0 Å². The molecule has 0 bridgehead atoms. The topological polar surface area (TPSA) is 190 Å². The molecule has 0 fully saturated rings. The van der Waals surface area contributed by atoms with Crippen LogP contribution in [0.2, 0.25) is 142 Å². The van der Waals surface area contributed by atoms with Gasteiger partial charge >= 0.3 is 57.5 Å². The fourth-order valence-corrected chi connectivity index (χ4v) is 54.5. The molecule has 17 nitrogen and oxygen atoms in total. The fraction of sp³-hybridized carbons (Fsp3) is 0.961. The first kappa shape index (κ1) is 88.0. The molecule has 6 unspecified atom stereocenters. The van der Waals surface area contributed by atoms with E-state index in [1.165, 1.54) is 6.08 Å². The number of aliphatic hydroxyl groups excluding tert-OH is 3. The lowest BCUT2D eigenvalue weighted by molar-refractivity contribution is -0.131. The van der Waals surface area contributed by atoms with Crippen LogP contribution in [0, 0.1) is 6.58 Å². The van der Waals surface area contributed by atoms with Gasteiger partial charge in [-0.15, -0.1) is 0 Å². The van der Waals surface area contributed by atoms with Crippen molar-refractivity contribution in [2.75, 3.05) is 59.5 Å². The summed E-state index contributed by atoms with van der Waals surface area (Å²) in [6.07, 6.45) is -6.58. The average Bonchev–Trinajstić information content (AvgIpc) is 3.25. The van der Waals surface area contributed by atoms with Gasteiger partial charge in [-0.3, -0.25) is 0 Å². The van der Waals surface area contributed by atoms with E-state index in [2.05, 4.69) is 52.4 Å². The molecule has 500 valence electrons. The Kier molecular flexibility index (Phi) is 45.3. The molecule has 0 aliphatic rings. The Hall–Kier alpha value is 0.789. The Morgan fingerprint density at radius 2 is 0.771 bits per heavy atom. The molecule has 0 aliphatic heterocycles. The van der Waals surface area contributed by atoms with Gasteiger partial charge in [-0.2, -0.15) is 13.2 Å². The monoisotopic (exact) mass is 1380 g/mol. The van der Waals surface area contributed by atoms with Gasteiger partial charge in [-0.25, -0.2) is 8.78 Å². The summed E-state index contributed by atoms with van der Waals surface area (Å²) in [6.45, 7) is 55.3. The SMILES string of the molecule is CC(O)COC(C)COCCC[Si](C)(C)O[Si](C)(C)O[Si](C)(CCC(F)(F)F)O[Si](C)(C)O[Si](C)(C)CCCOCC(C)OCC(C)O.C[SiH](C)O[Si](C)(C)O[Si](C)(CCC(F)F)O[Si](C)(C)O[SiH](C)C.[CH+]=CCOCC(C)OCC(C)O. The summed E-state index contributed by atoms with van der Waals surface area (Å²) in [7, 11) is -23.8. The highest BCUT2D eigenvalue weighted by Crippen LogP contribution is 2.35. The molecule has 0 radical (unpaired) electrons. The molecular formula is C51H120F5O17Si10+. The molecule has 6 atom stereocenters. The van der Waals surface area contributed by atoms with Crippen LogP contribution >= 0.6 is 0 Å². The molecule has 0 aromatic heterocycles. The molecule has 0 heterocycles. The first-order chi connectivity index (χ1) is 37.5. The molecular weight excluding hydrogens is 1260 g/mol. The molecule has 3 N–H and O–H groups in total. The van der Waals surface area contributed by atoms with Gasteiger partial charge < -0.3 is 76.7 Å². The van der Waals surface area contributed by atoms with E-state index in [4.69, 9.17) is 73.0 Å². The van der Waals surface area contributed by atoms with Gasteiger partial charge in [0.1, 0.15) is 6.61 Å². The Morgan fingerprint density at radius 1 is 0.458 bits per heavy atom. The zero-order valence-electron chi connectivity index (χ0n) is 55.8. The minimum absolute atomic E-state index is 0.000417. The van der Waals surface area contributed by atoms with Crippen molar-refractivity contribution >= 4 is 86.1 Å². The van der Waals surface area contributed by atoms with Crippen molar-refractivity contribution in [3.05, 3.63) is 12.7 Å². The average molecular weight is 1380 g/mol. The molecule has 0 aromatic rings. The number of hydrogen-bond donors (Lipinski definition) is 3. The highest BCUT2D eigenvalue weighted by atomic mass is 28.5. The van der Waals surface area contributed by atoms with Crippen LogP contribution in [0.3, 0.4) is 0 Å². The third-order valence-electron chi connectivity index (χ3n) is 10.9. The largest absolute Gasteiger partial charge is 0.440 e. The molecule has 0 aromatic carbocycles. The number of aliphatic hydroxyl groups is 3. The number of rotatable bonds is 46. The van der Waals surface area contributed by atoms with Gasteiger partial charge in [-0.1, -0.05) is 0 Å². The van der Waals surface area contributed by atoms with E-state index in [-0.39, 0.29) is 50.0 Å². The highest BCUT2D eigenvalue weighted by molar-refractivity contribution is 6.91. The number of hydrogen-bond acceptors (Lipinski definition) is 17. The van der Waals surface area contributed by atoms with Crippen LogP contribution in [0.5, 0.6) is 0 Å². The van der Waals surface area contributed by atoms with Crippen LogP contribution < -0.4 is 0 Å². The van der Waals surface area contributed by atoms with Crippen LogP contribution in [-0.4, -0.2) is 210 Å². The quantitative estimate of drug-likeness (QED) is 0.0226. The molecule has 0 rings (SSSR count). The van der Waals surface area contributed by atoms with Crippen molar-refractivity contribution < 1.29 is 98.6 Å². The summed E-state index contributed by atoms with van der Waals surface area (Å²) in [5.74, 6) is 0. The smallest absolute Gasteiger partial charge is 0.389 e. The predicted octanol–water partition coefficient (Wildman–Crippen LogP) is 12.2. The van der Waals surface area contributed by atoms with E-state index >= 15 is 0 Å². The summed E-state index contributed by atoms with van der Waals surface area (Å²) < 4.78 is 150. The van der Waals surface area contributed by atoms with Gasteiger partial charge in [-0.05, 0) is 196 Å². The van der Waals surface area contributed by atoms with E-state index in [9.17, 15) is 32.2 Å². The minimum Gasteiger partial charge on any atom is -0.440 e. The molecule has 0 saturated heterocycles. The summed E-state index contributed by atoms with van der Waals surface area (Å²) in [4.78, 5) is 0. The van der Waals surface area contributed by atoms with Gasteiger partial charge in [0.15, 0.2) is 40.8 Å². The van der Waals surface area contributed by atoms with Gasteiger partial charge in [0.25, 0.3) is 0 Å². The Balaban J connectivity index is -0.00000149. The van der Waals surface area contributed by atoms with Crippen molar-refractivity contribution in [3.63, 3.8) is 0 Å². The zero-order chi connectivity index (χ0) is 65.3. The maximum atomic E-state index is 13.5. The number of ether oxygens (including phenoxy) is 6. The van der Waals surface area contributed by atoms with Gasteiger partial charge in [0, 0.05) is 26.1 Å². The highest BCUT2D eigenvalue weighted by Gasteiger charge is 2.50. The van der Waals surface area contributed by atoms with Crippen molar-refractivity contribution in [1.82, 2.24) is 0 Å². The second-order valence-corrected chi connectivity index (χ2v) is 61.2. The Morgan fingerprint density at radius 3 is 1.06 bits per heavy atom. The lowest BCUT2D eigenvalue weighted by Gasteiger charge is -2.44. The van der Waals surface area contributed by atoms with Gasteiger partial charge in [0.2, 0.25) is 13.0 Å². The Bertz CT molecular complexity index is 1570. The van der Waals surface area contributed by atoms with Crippen LogP contribution in [0.15, 0.2) is 6.08 Å². The maximum absolute atomic E-state index is 13.5. The molecule has 83 heavy (non-hydrogen) atoms. The second-order valence-electron chi connectivity index (χ2n) is 25.5. The third kappa shape index (κ3) is 56.5. The standard InChI is InChI=1S/C30H69F3O10Si5.C12H34F2O4Si5.C9H17O3/c1-26(34)22-38-28(3)24-36-17-14-19-44(5,6)40-46(9,10)42-48(13,21-16-30(31,32)33)43-47(11,12)41-45(7,8)20-15-18-37-25-29(4)39-23-27(2)35;1-19(2)15-21(5,6)17-23(9,11-10-12(13)14)18-22(7,8)16-20(3)4;1-4-5-11-7-9(3)12-6-8(2)10/h26-29,34-35H,14-25H2,1-13H3;12,19-20H,10-11H2,1-9H3;1,4,8-10H,5-7H2,2-3H3/q;;+1. The van der Waals surface area contributed by atoms with Crippen molar-refractivity contribution in [3.8, 4) is 0 Å². The molecule has 0 saturated carbocycles. The first-order valence-electron chi connectivity index (χ1n) is 29.6. The van der Waals surface area contributed by atoms with Gasteiger partial charge in [0.05, 0.1) is 76.3 Å². The minimum atomic E-state index is -4.33. The van der Waals surface area contributed by atoms with Crippen molar-refractivity contribution in [2.24, 2.45) is 0 Å². The van der Waals surface area contributed by atoms with E-state index in [0.717, 1.165) is 24.9 Å². The lowest BCUT2D eigenvalue weighted by atomic mass is 10.4. The van der Waals surface area contributed by atoms with Crippen molar-refractivity contribution in [1.29, 1.82) is 0 Å². The number of alkyl halides is 5. The third-order valence-corrected chi connectivity index (χ3v) is 47.8. The Labute approximate surface area is 512 Å². The molecule has 0 spiro atoms. The zero-order valence-corrected chi connectivity index (χ0v) is 66.1. The van der Waals surface area contributed by atoms with E-state index in [1.54, 1.807) is 27.3 Å². The summed E-state index contributed by atoms with van der Waals surface area (Å²) >= 11 is 0.